The Labute approximate surface area is 107 Å². The average molecular weight is 240 g/mol. The predicted molar refractivity (Wildman–Crippen MR) is 74.2 cm³/mol. The van der Waals surface area contributed by atoms with Crippen LogP contribution in [0.4, 0.5) is 11.4 Å². The number of hydrogen-bond acceptors (Lipinski definition) is 3. The zero-order valence-electron chi connectivity index (χ0n) is 10.1. The molecule has 92 valence electrons. The van der Waals surface area contributed by atoms with E-state index in [0.29, 0.717) is 11.4 Å². The number of ether oxygens (including phenoxy) is 1. The topological polar surface area (TPSA) is 47.3 Å². The van der Waals surface area contributed by atoms with Crippen molar-refractivity contribution in [3.8, 4) is 11.5 Å². The highest BCUT2D eigenvalue weighted by Crippen LogP contribution is 2.36. The maximum absolute atomic E-state index is 5.92. The maximum atomic E-state index is 5.92. The first-order chi connectivity index (χ1) is 8.84. The number of hydrogen-bond donors (Lipinski definition) is 2. The van der Waals surface area contributed by atoms with Gasteiger partial charge in [0.15, 0.2) is 5.75 Å². The molecule has 0 spiro atoms. The first-order valence-corrected chi connectivity index (χ1v) is 6.23. The quantitative estimate of drug-likeness (QED) is 0.791. The summed E-state index contributed by atoms with van der Waals surface area (Å²) in [5.74, 6) is 1.56. The van der Waals surface area contributed by atoms with E-state index in [4.69, 9.17) is 10.5 Å². The molecule has 18 heavy (non-hydrogen) atoms. The van der Waals surface area contributed by atoms with Gasteiger partial charge in [-0.1, -0.05) is 24.3 Å². The van der Waals surface area contributed by atoms with E-state index in [-0.39, 0.29) is 0 Å². The summed E-state index contributed by atoms with van der Waals surface area (Å²) < 4.78 is 5.92. The van der Waals surface area contributed by atoms with Crippen LogP contribution in [0.2, 0.25) is 0 Å². The van der Waals surface area contributed by atoms with Crippen LogP contribution in [0.1, 0.15) is 12.0 Å². The Morgan fingerprint density at radius 1 is 1.00 bits per heavy atom. The molecule has 1 heterocycles. The third-order valence-corrected chi connectivity index (χ3v) is 3.18. The van der Waals surface area contributed by atoms with Crippen molar-refractivity contribution in [3.05, 3.63) is 48.0 Å². The third-order valence-electron chi connectivity index (χ3n) is 3.18. The van der Waals surface area contributed by atoms with E-state index >= 15 is 0 Å². The van der Waals surface area contributed by atoms with Gasteiger partial charge in [-0.15, -0.1) is 0 Å². The summed E-state index contributed by atoms with van der Waals surface area (Å²) in [6.45, 7) is 0.998. The Kier molecular flexibility index (Phi) is 2.81. The smallest absolute Gasteiger partial charge is 0.150 e. The van der Waals surface area contributed by atoms with Crippen molar-refractivity contribution >= 4 is 11.4 Å². The molecule has 3 nitrogen and oxygen atoms in total. The van der Waals surface area contributed by atoms with Gasteiger partial charge in [0, 0.05) is 6.54 Å². The molecule has 0 aliphatic carbocycles. The van der Waals surface area contributed by atoms with E-state index in [2.05, 4.69) is 11.4 Å². The molecule has 0 atom stereocenters. The van der Waals surface area contributed by atoms with Crippen LogP contribution in [-0.2, 0) is 6.42 Å². The van der Waals surface area contributed by atoms with Crippen molar-refractivity contribution in [1.82, 2.24) is 0 Å². The van der Waals surface area contributed by atoms with Crippen molar-refractivity contribution in [2.24, 2.45) is 0 Å². The van der Waals surface area contributed by atoms with E-state index < -0.39 is 0 Å². The number of nitrogens with one attached hydrogen (secondary N) is 1. The lowest BCUT2D eigenvalue weighted by molar-refractivity contribution is 0.485. The van der Waals surface area contributed by atoms with Gasteiger partial charge in [-0.25, -0.2) is 0 Å². The van der Waals surface area contributed by atoms with Crippen LogP contribution in [-0.4, -0.2) is 6.54 Å². The molecule has 0 aromatic heterocycles. The second-order valence-corrected chi connectivity index (χ2v) is 4.46. The highest BCUT2D eigenvalue weighted by atomic mass is 16.5. The lowest BCUT2D eigenvalue weighted by Gasteiger charge is -2.21. The van der Waals surface area contributed by atoms with Gasteiger partial charge in [-0.3, -0.25) is 0 Å². The maximum Gasteiger partial charge on any atom is 0.150 e. The summed E-state index contributed by atoms with van der Waals surface area (Å²) in [6, 6.07) is 13.7. The SMILES string of the molecule is Nc1ccccc1Oc1cccc2c1NCCC2. The van der Waals surface area contributed by atoms with Crippen LogP contribution < -0.4 is 15.8 Å². The first kappa shape index (κ1) is 11.0. The summed E-state index contributed by atoms with van der Waals surface area (Å²) in [7, 11) is 0. The van der Waals surface area contributed by atoms with Gasteiger partial charge in [0.05, 0.1) is 11.4 Å². The minimum atomic E-state index is 0.658. The fraction of sp³-hybridized carbons (Fsp3) is 0.200. The summed E-state index contributed by atoms with van der Waals surface area (Å²) >= 11 is 0. The summed E-state index contributed by atoms with van der Waals surface area (Å²) in [4.78, 5) is 0. The number of anilines is 2. The molecular formula is C15H16N2O. The molecule has 1 aliphatic rings. The number of nitrogens with two attached hydrogens (primary N) is 1. The van der Waals surface area contributed by atoms with Gasteiger partial charge in [-0.05, 0) is 36.6 Å². The molecule has 0 bridgehead atoms. The average Bonchev–Trinajstić information content (AvgIpc) is 2.42. The molecule has 2 aromatic carbocycles. The molecule has 0 radical (unpaired) electrons. The molecule has 0 amide bonds. The minimum absolute atomic E-state index is 0.658. The molecule has 0 saturated heterocycles. The van der Waals surface area contributed by atoms with Crippen molar-refractivity contribution in [3.63, 3.8) is 0 Å². The molecule has 2 aromatic rings. The van der Waals surface area contributed by atoms with Gasteiger partial charge in [0.25, 0.3) is 0 Å². The van der Waals surface area contributed by atoms with Crippen LogP contribution in [0.15, 0.2) is 42.5 Å². The fourth-order valence-electron chi connectivity index (χ4n) is 2.25. The minimum Gasteiger partial charge on any atom is -0.453 e. The van der Waals surface area contributed by atoms with Crippen LogP contribution in [0.25, 0.3) is 0 Å². The van der Waals surface area contributed by atoms with Crippen LogP contribution >= 0.6 is 0 Å². The molecule has 0 unspecified atom stereocenters. The van der Waals surface area contributed by atoms with E-state index in [1.54, 1.807) is 0 Å². The highest BCUT2D eigenvalue weighted by Gasteiger charge is 2.14. The second-order valence-electron chi connectivity index (χ2n) is 4.46. The second kappa shape index (κ2) is 4.61. The van der Waals surface area contributed by atoms with E-state index in [1.165, 1.54) is 12.0 Å². The Morgan fingerprint density at radius 3 is 2.72 bits per heavy atom. The standard InChI is InChI=1S/C15H16N2O/c16-12-7-1-2-8-13(12)18-14-9-3-5-11-6-4-10-17-15(11)14/h1-3,5,7-9,17H,4,6,10,16H2. The van der Waals surface area contributed by atoms with E-state index in [0.717, 1.165) is 24.4 Å². The van der Waals surface area contributed by atoms with Gasteiger partial charge in [-0.2, -0.15) is 0 Å². The van der Waals surface area contributed by atoms with Gasteiger partial charge >= 0.3 is 0 Å². The number of aryl methyl sites for hydroxylation is 1. The number of rotatable bonds is 2. The third kappa shape index (κ3) is 1.99. The molecule has 3 heteroatoms. The van der Waals surface area contributed by atoms with Gasteiger partial charge in [0.2, 0.25) is 0 Å². The van der Waals surface area contributed by atoms with Crippen LogP contribution in [0.3, 0.4) is 0 Å². The highest BCUT2D eigenvalue weighted by molar-refractivity contribution is 5.65. The van der Waals surface area contributed by atoms with E-state index in [9.17, 15) is 0 Å². The van der Waals surface area contributed by atoms with Crippen molar-refractivity contribution in [2.45, 2.75) is 12.8 Å². The van der Waals surface area contributed by atoms with Crippen LogP contribution in [0.5, 0.6) is 11.5 Å². The Hall–Kier alpha value is -2.16. The molecule has 0 fully saturated rings. The zero-order chi connectivity index (χ0) is 12.4. The molecule has 1 aliphatic heterocycles. The fourth-order valence-corrected chi connectivity index (χ4v) is 2.25. The van der Waals surface area contributed by atoms with Crippen molar-refractivity contribution in [1.29, 1.82) is 0 Å². The molecular weight excluding hydrogens is 224 g/mol. The lowest BCUT2D eigenvalue weighted by atomic mass is 10.0. The van der Waals surface area contributed by atoms with Gasteiger partial charge in [0.1, 0.15) is 5.75 Å². The van der Waals surface area contributed by atoms with Crippen molar-refractivity contribution in [2.75, 3.05) is 17.6 Å². The Balaban J connectivity index is 1.96. The van der Waals surface area contributed by atoms with E-state index in [1.807, 2.05) is 36.4 Å². The molecule has 3 rings (SSSR count). The number of fused-ring (bicyclic) bond motifs is 1. The van der Waals surface area contributed by atoms with Crippen molar-refractivity contribution < 1.29 is 4.74 Å². The summed E-state index contributed by atoms with van der Waals surface area (Å²) in [5.41, 5.74) is 8.97. The Morgan fingerprint density at radius 2 is 1.83 bits per heavy atom. The zero-order valence-corrected chi connectivity index (χ0v) is 10.1. The number of nitrogen functional groups attached to an aromatic ring is 1. The summed E-state index contributed by atoms with van der Waals surface area (Å²) in [6.07, 6.45) is 2.27. The molecule has 3 N–H and O–H groups in total. The van der Waals surface area contributed by atoms with Crippen LogP contribution in [0, 0.1) is 0 Å². The summed E-state index contributed by atoms with van der Waals surface area (Å²) in [5, 5.41) is 3.41. The predicted octanol–water partition coefficient (Wildman–Crippen LogP) is 3.42. The Bertz CT molecular complexity index is 566. The lowest BCUT2D eigenvalue weighted by Crippen LogP contribution is -2.12. The molecule has 0 saturated carbocycles. The monoisotopic (exact) mass is 240 g/mol. The number of para-hydroxylation sites is 3. The van der Waals surface area contributed by atoms with Gasteiger partial charge < -0.3 is 15.8 Å². The number of benzene rings is 2. The first-order valence-electron chi connectivity index (χ1n) is 6.23. The largest absolute Gasteiger partial charge is 0.453 e. The normalized spacial score (nSPS) is 13.6.